The zero-order valence-corrected chi connectivity index (χ0v) is 16.4. The summed E-state index contributed by atoms with van der Waals surface area (Å²) in [7, 11) is 0. The van der Waals surface area contributed by atoms with Gasteiger partial charge in [0.1, 0.15) is 11.6 Å². The van der Waals surface area contributed by atoms with Crippen molar-refractivity contribution in [1.82, 2.24) is 4.98 Å². The van der Waals surface area contributed by atoms with Crippen LogP contribution in [0.2, 0.25) is 0 Å². The minimum Gasteiger partial charge on any atom is -0.371 e. The van der Waals surface area contributed by atoms with Gasteiger partial charge in [-0.05, 0) is 61.8 Å². The summed E-state index contributed by atoms with van der Waals surface area (Å²) in [6.45, 7) is 4.25. The number of benzene rings is 1. The van der Waals surface area contributed by atoms with E-state index in [0.717, 1.165) is 49.3 Å². The van der Waals surface area contributed by atoms with Gasteiger partial charge in [0.15, 0.2) is 0 Å². The normalized spacial score (nSPS) is 27.1. The van der Waals surface area contributed by atoms with Gasteiger partial charge in [0.25, 0.3) is 0 Å². The Labute approximate surface area is 166 Å². The average molecular weight is 381 g/mol. The molecular formula is C23H29FN4. The summed E-state index contributed by atoms with van der Waals surface area (Å²) in [4.78, 5) is 9.39. The molecule has 3 fully saturated rings. The van der Waals surface area contributed by atoms with Crippen LogP contribution in [0.5, 0.6) is 0 Å². The number of hydrogen-bond acceptors (Lipinski definition) is 4. The van der Waals surface area contributed by atoms with E-state index in [2.05, 4.69) is 32.2 Å². The molecule has 0 bridgehead atoms. The molecule has 2 saturated heterocycles. The van der Waals surface area contributed by atoms with Crippen LogP contribution in [-0.2, 0) is 0 Å². The molecule has 3 aliphatic rings. The van der Waals surface area contributed by atoms with Crippen molar-refractivity contribution in [3.63, 3.8) is 0 Å². The van der Waals surface area contributed by atoms with E-state index in [4.69, 9.17) is 0 Å². The van der Waals surface area contributed by atoms with Crippen LogP contribution in [0.15, 0.2) is 42.6 Å². The van der Waals surface area contributed by atoms with Gasteiger partial charge in [0.05, 0.1) is 0 Å². The Balaban J connectivity index is 1.25. The Bertz CT molecular complexity index is 814. The van der Waals surface area contributed by atoms with Crippen molar-refractivity contribution >= 4 is 17.2 Å². The molecule has 1 saturated carbocycles. The van der Waals surface area contributed by atoms with Crippen molar-refractivity contribution in [3.05, 3.63) is 48.4 Å². The number of hydrogen-bond donors (Lipinski definition) is 1. The van der Waals surface area contributed by atoms with Crippen molar-refractivity contribution in [2.75, 3.05) is 41.3 Å². The number of pyridine rings is 1. The second kappa shape index (κ2) is 7.61. The van der Waals surface area contributed by atoms with Crippen molar-refractivity contribution < 1.29 is 4.39 Å². The van der Waals surface area contributed by atoms with Crippen LogP contribution in [0.3, 0.4) is 0 Å². The Morgan fingerprint density at radius 3 is 2.54 bits per heavy atom. The fourth-order valence-corrected chi connectivity index (χ4v) is 5.35. The highest BCUT2D eigenvalue weighted by Crippen LogP contribution is 2.39. The van der Waals surface area contributed by atoms with Gasteiger partial charge in [-0.2, -0.15) is 0 Å². The molecule has 3 atom stereocenters. The maximum Gasteiger partial charge on any atom is 0.128 e. The molecule has 28 heavy (non-hydrogen) atoms. The summed E-state index contributed by atoms with van der Waals surface area (Å²) in [5.41, 5.74) is 2.27. The zero-order chi connectivity index (χ0) is 18.9. The minimum absolute atomic E-state index is 0.169. The van der Waals surface area contributed by atoms with Crippen molar-refractivity contribution in [2.45, 2.75) is 38.1 Å². The smallest absolute Gasteiger partial charge is 0.128 e. The number of aromatic nitrogens is 1. The van der Waals surface area contributed by atoms with Gasteiger partial charge in [0.2, 0.25) is 0 Å². The molecule has 1 aliphatic carbocycles. The monoisotopic (exact) mass is 380 g/mol. The number of anilines is 3. The van der Waals surface area contributed by atoms with Gasteiger partial charge >= 0.3 is 0 Å². The highest BCUT2D eigenvalue weighted by atomic mass is 19.1. The highest BCUT2D eigenvalue weighted by molar-refractivity contribution is 5.55. The SMILES string of the molecule is Fc1cccc(N2CCC[C@@H](Nc3cc(N4CC5CCCC5C4)ccn3)C2)c1. The van der Waals surface area contributed by atoms with Crippen molar-refractivity contribution in [2.24, 2.45) is 11.8 Å². The van der Waals surface area contributed by atoms with Gasteiger partial charge in [0, 0.05) is 55.9 Å². The third-order valence-electron chi connectivity index (χ3n) is 6.78. The van der Waals surface area contributed by atoms with Gasteiger partial charge < -0.3 is 15.1 Å². The fourth-order valence-electron chi connectivity index (χ4n) is 5.35. The molecule has 1 aromatic carbocycles. The largest absolute Gasteiger partial charge is 0.371 e. The van der Waals surface area contributed by atoms with Crippen LogP contribution in [-0.4, -0.2) is 37.2 Å². The lowest BCUT2D eigenvalue weighted by Crippen LogP contribution is -2.42. The fraction of sp³-hybridized carbons (Fsp3) is 0.522. The summed E-state index contributed by atoms with van der Waals surface area (Å²) < 4.78 is 13.6. The summed E-state index contributed by atoms with van der Waals surface area (Å²) in [6, 6.07) is 11.6. The predicted molar refractivity (Wildman–Crippen MR) is 113 cm³/mol. The van der Waals surface area contributed by atoms with Crippen molar-refractivity contribution in [3.8, 4) is 0 Å². The number of nitrogens with zero attached hydrogens (tertiary/aromatic N) is 3. The molecule has 2 aromatic rings. The highest BCUT2D eigenvalue weighted by Gasteiger charge is 2.36. The van der Waals surface area contributed by atoms with Crippen LogP contribution in [0.4, 0.5) is 21.6 Å². The lowest BCUT2D eigenvalue weighted by molar-refractivity contribution is 0.494. The minimum atomic E-state index is -0.169. The van der Waals surface area contributed by atoms with Crippen LogP contribution < -0.4 is 15.1 Å². The van der Waals surface area contributed by atoms with E-state index in [-0.39, 0.29) is 5.82 Å². The first-order valence-electron chi connectivity index (χ1n) is 10.7. The first-order chi connectivity index (χ1) is 13.7. The quantitative estimate of drug-likeness (QED) is 0.844. The molecule has 5 heteroatoms. The van der Waals surface area contributed by atoms with E-state index in [1.54, 1.807) is 12.1 Å². The standard InChI is InChI=1S/C23H29FN4/c24-19-6-2-8-21(12-19)27-11-3-7-20(16-27)26-23-13-22(9-10-25-23)28-14-17-4-1-5-18(17)15-28/h2,6,8-10,12-13,17-18,20H,1,3-5,7,11,14-16H2,(H,25,26)/t17?,18?,20-/m1/s1. The summed E-state index contributed by atoms with van der Waals surface area (Å²) in [5.74, 6) is 2.57. The number of nitrogens with one attached hydrogen (secondary N) is 1. The van der Waals surface area contributed by atoms with E-state index in [9.17, 15) is 4.39 Å². The Morgan fingerprint density at radius 1 is 0.893 bits per heavy atom. The maximum atomic E-state index is 13.6. The van der Waals surface area contributed by atoms with Crippen LogP contribution in [0.1, 0.15) is 32.1 Å². The topological polar surface area (TPSA) is 31.4 Å². The first-order valence-corrected chi connectivity index (χ1v) is 10.7. The maximum absolute atomic E-state index is 13.6. The summed E-state index contributed by atoms with van der Waals surface area (Å²) >= 11 is 0. The average Bonchev–Trinajstić information content (AvgIpc) is 3.31. The summed E-state index contributed by atoms with van der Waals surface area (Å²) in [5, 5.41) is 3.64. The molecule has 4 nitrogen and oxygen atoms in total. The van der Waals surface area contributed by atoms with E-state index >= 15 is 0 Å². The molecular weight excluding hydrogens is 351 g/mol. The van der Waals surface area contributed by atoms with Crippen LogP contribution in [0.25, 0.3) is 0 Å². The lowest BCUT2D eigenvalue weighted by Gasteiger charge is -2.35. The Hall–Kier alpha value is -2.30. The van der Waals surface area contributed by atoms with E-state index in [1.165, 1.54) is 44.1 Å². The molecule has 2 aliphatic heterocycles. The molecule has 2 unspecified atom stereocenters. The van der Waals surface area contributed by atoms with E-state index < -0.39 is 0 Å². The van der Waals surface area contributed by atoms with E-state index in [0.29, 0.717) is 6.04 Å². The number of piperidine rings is 1. The third-order valence-corrected chi connectivity index (χ3v) is 6.78. The summed E-state index contributed by atoms with van der Waals surface area (Å²) in [6.07, 6.45) is 8.36. The molecule has 1 N–H and O–H groups in total. The molecule has 148 valence electrons. The molecule has 3 heterocycles. The van der Waals surface area contributed by atoms with Gasteiger partial charge in [-0.15, -0.1) is 0 Å². The van der Waals surface area contributed by atoms with Crippen LogP contribution >= 0.6 is 0 Å². The molecule has 0 radical (unpaired) electrons. The van der Waals surface area contributed by atoms with Crippen LogP contribution in [0, 0.1) is 17.7 Å². The number of halogens is 1. The third kappa shape index (κ3) is 3.67. The van der Waals surface area contributed by atoms with E-state index in [1.807, 2.05) is 12.3 Å². The van der Waals surface area contributed by atoms with Gasteiger partial charge in [-0.3, -0.25) is 0 Å². The number of fused-ring (bicyclic) bond motifs is 1. The van der Waals surface area contributed by atoms with Gasteiger partial charge in [-0.1, -0.05) is 12.5 Å². The lowest BCUT2D eigenvalue weighted by atomic mass is 10.0. The number of rotatable bonds is 4. The zero-order valence-electron chi connectivity index (χ0n) is 16.4. The molecule has 1 aromatic heterocycles. The Kier molecular flexibility index (Phi) is 4.83. The molecule has 0 amide bonds. The second-order valence-corrected chi connectivity index (χ2v) is 8.66. The predicted octanol–water partition coefficient (Wildman–Crippen LogP) is 4.54. The van der Waals surface area contributed by atoms with Crippen molar-refractivity contribution in [1.29, 1.82) is 0 Å². The Morgan fingerprint density at radius 2 is 1.71 bits per heavy atom. The second-order valence-electron chi connectivity index (χ2n) is 8.66. The van der Waals surface area contributed by atoms with Gasteiger partial charge in [-0.25, -0.2) is 9.37 Å². The molecule has 5 rings (SSSR count). The first kappa shape index (κ1) is 17.8. The molecule has 0 spiro atoms.